The number of alkyl carbamates (subject to hydrolysis) is 1. The first kappa shape index (κ1) is 18.7. The van der Waals surface area contributed by atoms with Crippen molar-refractivity contribution >= 4 is 12.1 Å². The molecule has 0 aromatic heterocycles. The monoisotopic (exact) mass is 331 g/mol. The Bertz CT molecular complexity index is 575. The number of benzene rings is 1. The summed E-state index contributed by atoms with van der Waals surface area (Å²) in [5.41, 5.74) is -0.741. The molecule has 0 heterocycles. The van der Waals surface area contributed by atoms with Crippen LogP contribution in [0.2, 0.25) is 0 Å². The zero-order chi connectivity index (χ0) is 17.8. The Morgan fingerprint density at radius 2 is 1.78 bits per heavy atom. The quantitative estimate of drug-likeness (QED) is 0.866. The summed E-state index contributed by atoms with van der Waals surface area (Å²) >= 11 is 0. The maximum atomic E-state index is 13.6. The number of nitrogens with one attached hydrogen (secondary N) is 1. The summed E-state index contributed by atoms with van der Waals surface area (Å²) in [6.07, 6.45) is -1.24. The summed E-state index contributed by atoms with van der Waals surface area (Å²) in [4.78, 5) is 22.8. The minimum Gasteiger partial charge on any atom is -0.491 e. The molecule has 1 atom stereocenters. The van der Waals surface area contributed by atoms with E-state index >= 15 is 0 Å². The standard InChI is InChI=1S/C15H19F2NO5/c1-15(2,3)23-14(21)18-11(13(19)20)7-8-5-9(16)12(22-4)10(17)6-8/h5-6,11H,7H2,1-4H3,(H,18,21)(H,19,20). The number of hydrogen-bond donors (Lipinski definition) is 2. The molecule has 0 radical (unpaired) electrons. The van der Waals surface area contributed by atoms with E-state index in [4.69, 9.17) is 9.84 Å². The van der Waals surface area contributed by atoms with Gasteiger partial charge in [-0.05, 0) is 38.5 Å². The second kappa shape index (κ2) is 7.26. The van der Waals surface area contributed by atoms with Gasteiger partial charge in [0.2, 0.25) is 0 Å². The van der Waals surface area contributed by atoms with Crippen molar-refractivity contribution in [2.24, 2.45) is 0 Å². The summed E-state index contributed by atoms with van der Waals surface area (Å²) in [5, 5.41) is 11.3. The molecule has 128 valence electrons. The smallest absolute Gasteiger partial charge is 0.408 e. The highest BCUT2D eigenvalue weighted by Crippen LogP contribution is 2.23. The van der Waals surface area contributed by atoms with E-state index in [0.717, 1.165) is 19.2 Å². The Kier molecular flexibility index (Phi) is 5.89. The number of halogens is 2. The van der Waals surface area contributed by atoms with Crippen LogP contribution in [0.25, 0.3) is 0 Å². The number of hydrogen-bond acceptors (Lipinski definition) is 4. The average Bonchev–Trinajstić information content (AvgIpc) is 2.35. The van der Waals surface area contributed by atoms with Crippen LogP contribution in [0.1, 0.15) is 26.3 Å². The predicted octanol–water partition coefficient (Wildman–Crippen LogP) is 2.49. The number of rotatable bonds is 5. The van der Waals surface area contributed by atoms with Gasteiger partial charge < -0.3 is 19.9 Å². The lowest BCUT2D eigenvalue weighted by Crippen LogP contribution is -2.44. The van der Waals surface area contributed by atoms with Crippen LogP contribution in [0.5, 0.6) is 5.75 Å². The largest absolute Gasteiger partial charge is 0.491 e. The van der Waals surface area contributed by atoms with Crippen molar-refractivity contribution in [3.8, 4) is 5.75 Å². The predicted molar refractivity (Wildman–Crippen MR) is 77.4 cm³/mol. The summed E-state index contributed by atoms with van der Waals surface area (Å²) in [7, 11) is 1.12. The van der Waals surface area contributed by atoms with E-state index in [2.05, 4.69) is 10.1 Å². The fraction of sp³-hybridized carbons (Fsp3) is 0.467. The Morgan fingerprint density at radius 3 is 2.17 bits per heavy atom. The van der Waals surface area contributed by atoms with E-state index in [0.29, 0.717) is 0 Å². The highest BCUT2D eigenvalue weighted by atomic mass is 19.1. The lowest BCUT2D eigenvalue weighted by atomic mass is 10.1. The second-order valence-electron chi connectivity index (χ2n) is 5.83. The molecule has 1 rings (SSSR count). The van der Waals surface area contributed by atoms with Gasteiger partial charge in [0, 0.05) is 6.42 Å². The molecule has 0 saturated carbocycles. The van der Waals surface area contributed by atoms with Crippen molar-refractivity contribution in [2.75, 3.05) is 7.11 Å². The molecule has 0 bridgehead atoms. The molecule has 0 fully saturated rings. The van der Waals surface area contributed by atoms with E-state index < -0.39 is 41.1 Å². The third-order valence-electron chi connectivity index (χ3n) is 2.69. The van der Waals surface area contributed by atoms with Crippen LogP contribution >= 0.6 is 0 Å². The lowest BCUT2D eigenvalue weighted by molar-refractivity contribution is -0.139. The highest BCUT2D eigenvalue weighted by molar-refractivity contribution is 5.80. The molecule has 0 aliphatic carbocycles. The Morgan fingerprint density at radius 1 is 1.26 bits per heavy atom. The van der Waals surface area contributed by atoms with Gasteiger partial charge in [-0.25, -0.2) is 18.4 Å². The van der Waals surface area contributed by atoms with Crippen LogP contribution in [0.4, 0.5) is 13.6 Å². The van der Waals surface area contributed by atoms with Crippen LogP contribution in [-0.4, -0.2) is 35.9 Å². The molecule has 0 saturated heterocycles. The molecule has 1 aromatic carbocycles. The van der Waals surface area contributed by atoms with E-state index in [-0.39, 0.29) is 12.0 Å². The summed E-state index contributed by atoms with van der Waals surface area (Å²) in [6.45, 7) is 4.86. The number of carbonyl (C=O) groups is 2. The van der Waals surface area contributed by atoms with Gasteiger partial charge in [-0.1, -0.05) is 0 Å². The van der Waals surface area contributed by atoms with Crippen molar-refractivity contribution in [2.45, 2.75) is 38.8 Å². The Balaban J connectivity index is 2.89. The van der Waals surface area contributed by atoms with E-state index in [1.807, 2.05) is 0 Å². The molecule has 0 spiro atoms. The lowest BCUT2D eigenvalue weighted by Gasteiger charge is -2.22. The average molecular weight is 331 g/mol. The van der Waals surface area contributed by atoms with Crippen LogP contribution in [0, 0.1) is 11.6 Å². The Hall–Kier alpha value is -2.38. The third-order valence-corrected chi connectivity index (χ3v) is 2.69. The van der Waals surface area contributed by atoms with Gasteiger partial charge >= 0.3 is 12.1 Å². The molecule has 0 aliphatic heterocycles. The van der Waals surface area contributed by atoms with Crippen LogP contribution in [0.3, 0.4) is 0 Å². The van der Waals surface area contributed by atoms with Crippen molar-refractivity contribution in [1.82, 2.24) is 5.32 Å². The third kappa shape index (κ3) is 5.72. The minimum atomic E-state index is -1.39. The normalized spacial score (nSPS) is 12.4. The number of ether oxygens (including phenoxy) is 2. The van der Waals surface area contributed by atoms with E-state index in [1.165, 1.54) is 0 Å². The van der Waals surface area contributed by atoms with Crippen molar-refractivity contribution < 1.29 is 33.0 Å². The zero-order valence-electron chi connectivity index (χ0n) is 13.3. The fourth-order valence-corrected chi connectivity index (χ4v) is 1.81. The molecular weight excluding hydrogens is 312 g/mol. The summed E-state index contributed by atoms with van der Waals surface area (Å²) < 4.78 is 36.8. The first-order valence-electron chi connectivity index (χ1n) is 6.77. The zero-order valence-corrected chi connectivity index (χ0v) is 13.3. The van der Waals surface area contributed by atoms with E-state index in [9.17, 15) is 18.4 Å². The summed E-state index contributed by atoms with van der Waals surface area (Å²) in [5.74, 6) is -3.82. The van der Waals surface area contributed by atoms with Gasteiger partial charge in [-0.2, -0.15) is 0 Å². The van der Waals surface area contributed by atoms with Gasteiger partial charge in [0.05, 0.1) is 7.11 Å². The van der Waals surface area contributed by atoms with Gasteiger partial charge in [0.15, 0.2) is 17.4 Å². The first-order valence-corrected chi connectivity index (χ1v) is 6.77. The van der Waals surface area contributed by atoms with Gasteiger partial charge in [0.25, 0.3) is 0 Å². The highest BCUT2D eigenvalue weighted by Gasteiger charge is 2.25. The molecule has 1 amide bonds. The molecule has 1 aromatic rings. The maximum absolute atomic E-state index is 13.6. The van der Waals surface area contributed by atoms with Crippen molar-refractivity contribution in [3.63, 3.8) is 0 Å². The first-order chi connectivity index (χ1) is 10.5. The number of methoxy groups -OCH3 is 1. The number of carboxylic acid groups (broad SMARTS) is 1. The molecule has 6 nitrogen and oxygen atoms in total. The van der Waals surface area contributed by atoms with Gasteiger partial charge in [-0.3, -0.25) is 0 Å². The molecule has 8 heteroatoms. The molecule has 23 heavy (non-hydrogen) atoms. The molecular formula is C15H19F2NO5. The van der Waals surface area contributed by atoms with Crippen LogP contribution < -0.4 is 10.1 Å². The second-order valence-corrected chi connectivity index (χ2v) is 5.83. The van der Waals surface area contributed by atoms with Gasteiger partial charge in [0.1, 0.15) is 11.6 Å². The molecule has 2 N–H and O–H groups in total. The number of aliphatic carboxylic acids is 1. The SMILES string of the molecule is COc1c(F)cc(CC(NC(=O)OC(C)(C)C)C(=O)O)cc1F. The van der Waals surface area contributed by atoms with Crippen LogP contribution in [0.15, 0.2) is 12.1 Å². The van der Waals surface area contributed by atoms with Crippen molar-refractivity contribution in [1.29, 1.82) is 0 Å². The van der Waals surface area contributed by atoms with E-state index in [1.54, 1.807) is 20.8 Å². The number of carbonyl (C=O) groups excluding carboxylic acids is 1. The van der Waals surface area contributed by atoms with Gasteiger partial charge in [-0.15, -0.1) is 0 Å². The maximum Gasteiger partial charge on any atom is 0.408 e. The molecule has 0 aliphatic rings. The minimum absolute atomic E-state index is 0.0595. The van der Waals surface area contributed by atoms with Crippen LogP contribution in [-0.2, 0) is 16.0 Å². The summed E-state index contributed by atoms with van der Waals surface area (Å²) in [6, 6.07) is 0.514. The molecule has 1 unspecified atom stereocenters. The Labute approximate surface area is 132 Å². The number of amides is 1. The topological polar surface area (TPSA) is 84.9 Å². The fourth-order valence-electron chi connectivity index (χ4n) is 1.81. The number of carboxylic acids is 1. The van der Waals surface area contributed by atoms with Crippen molar-refractivity contribution in [3.05, 3.63) is 29.3 Å².